The zero-order chi connectivity index (χ0) is 12.8. The SMILES string of the molecule is CCCNc1cc(SC2CCCC(C)C2)ncn1. The van der Waals surface area contributed by atoms with Crippen LogP contribution in [-0.2, 0) is 0 Å². The summed E-state index contributed by atoms with van der Waals surface area (Å²) >= 11 is 1.92. The normalized spacial score (nSPS) is 23.9. The fraction of sp³-hybridized carbons (Fsp3) is 0.714. The highest BCUT2D eigenvalue weighted by Gasteiger charge is 2.20. The fourth-order valence-corrected chi connectivity index (χ4v) is 3.75. The summed E-state index contributed by atoms with van der Waals surface area (Å²) in [7, 11) is 0. The molecule has 18 heavy (non-hydrogen) atoms. The maximum atomic E-state index is 4.38. The average molecular weight is 265 g/mol. The fourth-order valence-electron chi connectivity index (χ4n) is 2.41. The van der Waals surface area contributed by atoms with Crippen molar-refractivity contribution in [3.05, 3.63) is 12.4 Å². The third-order valence-corrected chi connectivity index (χ3v) is 4.60. The molecule has 1 N–H and O–H groups in total. The van der Waals surface area contributed by atoms with E-state index in [1.165, 1.54) is 25.7 Å². The molecule has 0 aromatic carbocycles. The molecular formula is C14H23N3S. The van der Waals surface area contributed by atoms with Crippen molar-refractivity contribution in [3.63, 3.8) is 0 Å². The van der Waals surface area contributed by atoms with Crippen LogP contribution in [0.15, 0.2) is 17.4 Å². The largest absolute Gasteiger partial charge is 0.370 e. The van der Waals surface area contributed by atoms with E-state index < -0.39 is 0 Å². The standard InChI is InChI=1S/C14H23N3S/c1-3-7-15-13-9-14(17-10-16-13)18-12-6-4-5-11(2)8-12/h9-12H,3-8H2,1-2H3,(H,15,16,17). The van der Waals surface area contributed by atoms with Gasteiger partial charge in [-0.1, -0.05) is 26.7 Å². The Kier molecular flexibility index (Phi) is 5.29. The van der Waals surface area contributed by atoms with E-state index in [1.807, 2.05) is 11.8 Å². The van der Waals surface area contributed by atoms with Crippen molar-refractivity contribution in [3.8, 4) is 0 Å². The van der Waals surface area contributed by atoms with Crippen LogP contribution in [0.5, 0.6) is 0 Å². The van der Waals surface area contributed by atoms with Crippen molar-refractivity contribution in [1.82, 2.24) is 9.97 Å². The third-order valence-electron chi connectivity index (χ3n) is 3.37. The van der Waals surface area contributed by atoms with Crippen molar-refractivity contribution in [2.24, 2.45) is 5.92 Å². The van der Waals surface area contributed by atoms with E-state index in [1.54, 1.807) is 6.33 Å². The van der Waals surface area contributed by atoms with Crippen LogP contribution in [0.1, 0.15) is 46.0 Å². The third kappa shape index (κ3) is 4.16. The summed E-state index contributed by atoms with van der Waals surface area (Å²) in [6.07, 6.45) is 8.21. The lowest BCUT2D eigenvalue weighted by Gasteiger charge is -2.25. The molecule has 100 valence electrons. The average Bonchev–Trinajstić information content (AvgIpc) is 2.37. The first kappa shape index (κ1) is 13.7. The Morgan fingerprint density at radius 2 is 2.28 bits per heavy atom. The Hall–Kier alpha value is -0.770. The molecule has 0 aliphatic heterocycles. The second kappa shape index (κ2) is 6.98. The van der Waals surface area contributed by atoms with Gasteiger partial charge in [0.15, 0.2) is 0 Å². The molecule has 2 atom stereocenters. The summed E-state index contributed by atoms with van der Waals surface area (Å²) < 4.78 is 0. The predicted molar refractivity (Wildman–Crippen MR) is 78.1 cm³/mol. The Labute approximate surface area is 114 Å². The van der Waals surface area contributed by atoms with Crippen molar-refractivity contribution in [1.29, 1.82) is 0 Å². The van der Waals surface area contributed by atoms with E-state index in [-0.39, 0.29) is 0 Å². The molecule has 0 spiro atoms. The zero-order valence-corrected chi connectivity index (χ0v) is 12.2. The highest BCUT2D eigenvalue weighted by Crippen LogP contribution is 2.35. The van der Waals surface area contributed by atoms with Gasteiger partial charge < -0.3 is 5.32 Å². The van der Waals surface area contributed by atoms with Crippen LogP contribution < -0.4 is 5.32 Å². The molecule has 2 unspecified atom stereocenters. The molecule has 0 bridgehead atoms. The van der Waals surface area contributed by atoms with Crippen molar-refractivity contribution >= 4 is 17.6 Å². The van der Waals surface area contributed by atoms with Crippen molar-refractivity contribution < 1.29 is 0 Å². The van der Waals surface area contributed by atoms with Crippen molar-refractivity contribution in [2.75, 3.05) is 11.9 Å². The summed E-state index contributed by atoms with van der Waals surface area (Å²) in [6.45, 7) is 5.50. The van der Waals surface area contributed by atoms with Gasteiger partial charge in [-0.3, -0.25) is 0 Å². The highest BCUT2D eigenvalue weighted by molar-refractivity contribution is 7.99. The molecule has 1 fully saturated rings. The predicted octanol–water partition coefficient (Wildman–Crippen LogP) is 3.97. The van der Waals surface area contributed by atoms with E-state index in [4.69, 9.17) is 0 Å². The van der Waals surface area contributed by atoms with Crippen LogP contribution in [0.3, 0.4) is 0 Å². The van der Waals surface area contributed by atoms with Crippen LogP contribution in [0.2, 0.25) is 0 Å². The Balaban J connectivity index is 1.91. The molecule has 4 heteroatoms. The summed E-state index contributed by atoms with van der Waals surface area (Å²) in [5.41, 5.74) is 0. The molecule has 2 rings (SSSR count). The molecule has 1 aliphatic rings. The summed E-state index contributed by atoms with van der Waals surface area (Å²) in [5.74, 6) is 1.83. The van der Waals surface area contributed by atoms with Crippen LogP contribution >= 0.6 is 11.8 Å². The van der Waals surface area contributed by atoms with E-state index in [0.717, 1.165) is 35.0 Å². The van der Waals surface area contributed by atoms with Gasteiger partial charge in [-0.05, 0) is 25.2 Å². The number of thioether (sulfide) groups is 1. The van der Waals surface area contributed by atoms with E-state index in [0.29, 0.717) is 0 Å². The monoisotopic (exact) mass is 265 g/mol. The van der Waals surface area contributed by atoms with Crippen molar-refractivity contribution in [2.45, 2.75) is 56.2 Å². The first-order valence-electron chi connectivity index (χ1n) is 7.00. The van der Waals surface area contributed by atoms with Gasteiger partial charge in [-0.2, -0.15) is 0 Å². The van der Waals surface area contributed by atoms with Gasteiger partial charge in [-0.25, -0.2) is 9.97 Å². The number of hydrogen-bond donors (Lipinski definition) is 1. The lowest BCUT2D eigenvalue weighted by molar-refractivity contribution is 0.394. The molecule has 0 saturated heterocycles. The Morgan fingerprint density at radius 3 is 3.06 bits per heavy atom. The van der Waals surface area contributed by atoms with E-state index >= 15 is 0 Å². The van der Waals surface area contributed by atoms with Crippen LogP contribution in [0, 0.1) is 5.92 Å². The minimum atomic E-state index is 0.739. The van der Waals surface area contributed by atoms with Gasteiger partial charge in [0.2, 0.25) is 0 Å². The maximum absolute atomic E-state index is 4.38. The minimum absolute atomic E-state index is 0.739. The zero-order valence-electron chi connectivity index (χ0n) is 11.4. The quantitative estimate of drug-likeness (QED) is 0.818. The lowest BCUT2D eigenvalue weighted by atomic mass is 9.91. The summed E-state index contributed by atoms with van der Waals surface area (Å²) in [6, 6.07) is 2.08. The molecular weight excluding hydrogens is 242 g/mol. The molecule has 3 nitrogen and oxygen atoms in total. The maximum Gasteiger partial charge on any atom is 0.130 e. The number of rotatable bonds is 5. The van der Waals surface area contributed by atoms with Gasteiger partial charge >= 0.3 is 0 Å². The van der Waals surface area contributed by atoms with Gasteiger partial charge in [0.25, 0.3) is 0 Å². The smallest absolute Gasteiger partial charge is 0.130 e. The molecule has 1 heterocycles. The summed E-state index contributed by atoms with van der Waals surface area (Å²) in [4.78, 5) is 8.63. The first-order valence-corrected chi connectivity index (χ1v) is 7.88. The molecule has 1 aromatic rings. The Bertz CT molecular complexity index is 370. The Morgan fingerprint density at radius 1 is 1.39 bits per heavy atom. The number of hydrogen-bond acceptors (Lipinski definition) is 4. The number of nitrogens with one attached hydrogen (secondary N) is 1. The molecule has 1 aliphatic carbocycles. The van der Waals surface area contributed by atoms with Crippen LogP contribution in [0.4, 0.5) is 5.82 Å². The van der Waals surface area contributed by atoms with Crippen LogP contribution in [-0.4, -0.2) is 21.8 Å². The minimum Gasteiger partial charge on any atom is -0.370 e. The highest BCUT2D eigenvalue weighted by atomic mass is 32.2. The van der Waals surface area contributed by atoms with Gasteiger partial charge in [0, 0.05) is 17.9 Å². The second-order valence-electron chi connectivity index (χ2n) is 5.18. The molecule has 1 aromatic heterocycles. The topological polar surface area (TPSA) is 37.8 Å². The number of anilines is 1. The molecule has 0 radical (unpaired) electrons. The van der Waals surface area contributed by atoms with E-state index in [9.17, 15) is 0 Å². The van der Waals surface area contributed by atoms with Gasteiger partial charge in [0.1, 0.15) is 17.2 Å². The van der Waals surface area contributed by atoms with Crippen LogP contribution in [0.25, 0.3) is 0 Å². The number of aromatic nitrogens is 2. The van der Waals surface area contributed by atoms with E-state index in [2.05, 4.69) is 35.2 Å². The summed E-state index contributed by atoms with van der Waals surface area (Å²) in [5, 5.41) is 5.17. The number of nitrogens with zero attached hydrogens (tertiary/aromatic N) is 2. The lowest BCUT2D eigenvalue weighted by Crippen LogP contribution is -2.15. The molecule has 0 amide bonds. The first-order chi connectivity index (χ1) is 8.78. The van der Waals surface area contributed by atoms with Gasteiger partial charge in [0.05, 0.1) is 0 Å². The molecule has 1 saturated carbocycles. The van der Waals surface area contributed by atoms with Gasteiger partial charge in [-0.15, -0.1) is 11.8 Å². The second-order valence-corrected chi connectivity index (χ2v) is 6.50.